The van der Waals surface area contributed by atoms with Crippen molar-refractivity contribution in [2.24, 2.45) is 13.0 Å². The molecule has 12 nitrogen and oxygen atoms in total. The normalized spacial score (nSPS) is 16.0. The van der Waals surface area contributed by atoms with Gasteiger partial charge in [0, 0.05) is 50.9 Å². The highest BCUT2D eigenvalue weighted by Crippen LogP contribution is 2.37. The van der Waals surface area contributed by atoms with Gasteiger partial charge in [0.25, 0.3) is 24.7 Å². The van der Waals surface area contributed by atoms with Crippen LogP contribution in [-0.2, 0) is 16.6 Å². The first-order valence-electron chi connectivity index (χ1n) is 14.6. The van der Waals surface area contributed by atoms with Crippen LogP contribution in [-0.4, -0.2) is 95.0 Å². The number of hydrogen-bond donors (Lipinski definition) is 3. The van der Waals surface area contributed by atoms with Crippen molar-refractivity contribution in [3.05, 3.63) is 64.3 Å². The summed E-state index contributed by atoms with van der Waals surface area (Å²) in [7, 11) is 2.62. The SMILES string of the molecule is COc1ccc(-c2cnc(C(=O)Nc3ccc(C(=O)N4CCN(C(=O)C[C@@H]5CCNC5)CC4)c(Cl)c3)n2C)c(C(F)F)c1F.O=CO. The number of halogens is 4. The van der Waals surface area contributed by atoms with E-state index in [9.17, 15) is 27.6 Å². The van der Waals surface area contributed by atoms with Crippen LogP contribution in [0.15, 0.2) is 36.5 Å². The number of imidazole rings is 1. The number of nitrogens with one attached hydrogen (secondary N) is 2. The van der Waals surface area contributed by atoms with Crippen LogP contribution in [0.5, 0.6) is 5.75 Å². The Labute approximate surface area is 273 Å². The number of methoxy groups -OCH3 is 1. The van der Waals surface area contributed by atoms with Crippen LogP contribution >= 0.6 is 11.6 Å². The van der Waals surface area contributed by atoms with Gasteiger partial charge in [-0.1, -0.05) is 11.6 Å². The van der Waals surface area contributed by atoms with E-state index in [0.717, 1.165) is 19.5 Å². The van der Waals surface area contributed by atoms with E-state index in [2.05, 4.69) is 15.6 Å². The molecule has 1 aromatic heterocycles. The lowest BCUT2D eigenvalue weighted by Crippen LogP contribution is -2.51. The van der Waals surface area contributed by atoms with E-state index in [1.165, 1.54) is 55.3 Å². The molecule has 0 radical (unpaired) electrons. The average molecular weight is 679 g/mol. The monoisotopic (exact) mass is 678 g/mol. The summed E-state index contributed by atoms with van der Waals surface area (Å²) in [6.45, 7) is 3.21. The number of carboxylic acid groups (broad SMARTS) is 1. The molecule has 5 rings (SSSR count). The third kappa shape index (κ3) is 8.03. The Kier molecular flexibility index (Phi) is 11.8. The highest BCUT2D eigenvalue weighted by atomic mass is 35.5. The van der Waals surface area contributed by atoms with Crippen molar-refractivity contribution in [2.45, 2.75) is 19.3 Å². The highest BCUT2D eigenvalue weighted by Gasteiger charge is 2.29. The van der Waals surface area contributed by atoms with Crippen LogP contribution in [0.1, 0.15) is 45.8 Å². The number of anilines is 1. The highest BCUT2D eigenvalue weighted by molar-refractivity contribution is 6.34. The van der Waals surface area contributed by atoms with Gasteiger partial charge in [-0.2, -0.15) is 0 Å². The molecule has 2 fully saturated rings. The Morgan fingerprint density at radius 1 is 1.17 bits per heavy atom. The smallest absolute Gasteiger partial charge is 0.291 e. The average Bonchev–Trinajstić information content (AvgIpc) is 3.70. The van der Waals surface area contributed by atoms with Crippen LogP contribution in [0, 0.1) is 11.7 Å². The Bertz CT molecular complexity index is 1620. The van der Waals surface area contributed by atoms with E-state index < -0.39 is 23.7 Å². The van der Waals surface area contributed by atoms with Crippen LogP contribution < -0.4 is 15.4 Å². The topological polar surface area (TPSA) is 146 Å². The zero-order valence-corrected chi connectivity index (χ0v) is 26.4. The first-order chi connectivity index (χ1) is 22.5. The van der Waals surface area contributed by atoms with Crippen molar-refractivity contribution in [3.8, 4) is 17.0 Å². The van der Waals surface area contributed by atoms with Gasteiger partial charge in [0.2, 0.25) is 5.91 Å². The van der Waals surface area contributed by atoms with Crippen molar-refractivity contribution >= 4 is 41.5 Å². The van der Waals surface area contributed by atoms with Gasteiger partial charge in [0.1, 0.15) is 0 Å². The molecule has 1 atom stereocenters. The zero-order valence-electron chi connectivity index (χ0n) is 25.6. The Balaban J connectivity index is 0.00000160. The number of piperazine rings is 1. The second-order valence-electron chi connectivity index (χ2n) is 10.9. The summed E-state index contributed by atoms with van der Waals surface area (Å²) in [6, 6.07) is 6.96. The maximum absolute atomic E-state index is 14.6. The molecule has 0 aliphatic carbocycles. The number of carbonyl (C=O) groups excluding carboxylic acids is 3. The lowest BCUT2D eigenvalue weighted by atomic mass is 10.0. The van der Waals surface area contributed by atoms with Crippen molar-refractivity contribution < 1.29 is 42.2 Å². The first-order valence-corrected chi connectivity index (χ1v) is 15.0. The fraction of sp³-hybridized carbons (Fsp3) is 0.387. The number of carbonyl (C=O) groups is 4. The summed E-state index contributed by atoms with van der Waals surface area (Å²) in [6.07, 6.45) is -0.428. The number of benzene rings is 2. The van der Waals surface area contributed by atoms with Gasteiger partial charge < -0.3 is 34.8 Å². The molecule has 16 heteroatoms. The molecule has 0 spiro atoms. The minimum Gasteiger partial charge on any atom is -0.494 e. The molecule has 3 heterocycles. The molecule has 2 saturated heterocycles. The second kappa shape index (κ2) is 15.8. The fourth-order valence-electron chi connectivity index (χ4n) is 5.59. The van der Waals surface area contributed by atoms with Crippen LogP contribution in [0.2, 0.25) is 5.02 Å². The number of hydrogen-bond acceptors (Lipinski definition) is 7. The summed E-state index contributed by atoms with van der Waals surface area (Å²) in [4.78, 5) is 54.7. The third-order valence-corrected chi connectivity index (χ3v) is 8.37. The lowest BCUT2D eigenvalue weighted by molar-refractivity contribution is -0.133. The van der Waals surface area contributed by atoms with Crippen molar-refractivity contribution in [3.63, 3.8) is 0 Å². The molecule has 0 saturated carbocycles. The minimum atomic E-state index is -3.14. The van der Waals surface area contributed by atoms with Crippen LogP contribution in [0.4, 0.5) is 18.9 Å². The molecule has 3 amide bonds. The van der Waals surface area contributed by atoms with E-state index in [1.807, 2.05) is 0 Å². The number of amides is 3. The van der Waals surface area contributed by atoms with Crippen molar-refractivity contribution in [1.82, 2.24) is 24.7 Å². The molecule has 252 valence electrons. The molecule has 2 aromatic carbocycles. The molecular weight excluding hydrogens is 645 g/mol. The molecule has 47 heavy (non-hydrogen) atoms. The Morgan fingerprint density at radius 2 is 1.85 bits per heavy atom. The summed E-state index contributed by atoms with van der Waals surface area (Å²) in [5.74, 6) is -2.13. The summed E-state index contributed by atoms with van der Waals surface area (Å²) < 4.78 is 48.3. The largest absolute Gasteiger partial charge is 0.494 e. The number of rotatable bonds is 8. The predicted molar refractivity (Wildman–Crippen MR) is 166 cm³/mol. The summed E-state index contributed by atoms with van der Waals surface area (Å²) in [5.41, 5.74) is -0.359. The maximum atomic E-state index is 14.6. The van der Waals surface area contributed by atoms with E-state index >= 15 is 0 Å². The Hall–Kier alpha value is -4.63. The minimum absolute atomic E-state index is 0.100. The van der Waals surface area contributed by atoms with Gasteiger partial charge >= 0.3 is 0 Å². The molecule has 3 N–H and O–H groups in total. The number of alkyl halides is 2. The van der Waals surface area contributed by atoms with E-state index in [4.69, 9.17) is 26.2 Å². The first kappa shape index (κ1) is 35.2. The number of aromatic nitrogens is 2. The van der Waals surface area contributed by atoms with Crippen LogP contribution in [0.25, 0.3) is 11.3 Å². The summed E-state index contributed by atoms with van der Waals surface area (Å²) in [5, 5.41) is 12.9. The van der Waals surface area contributed by atoms with Crippen molar-refractivity contribution in [1.29, 1.82) is 0 Å². The standard InChI is InChI=1S/C30H32ClF3N6O4.CH2O2/c1-38-22(20-5-6-23(44-2)26(32)25(20)27(33)34)16-36-28(38)29(42)37-18-3-4-19(21(31)14-18)30(43)40-11-9-39(10-12-40)24(41)13-17-7-8-35-15-17;2-1-3/h3-6,14,16-17,27,35H,7-13,15H2,1-2H3,(H,37,42);1H,(H,2,3)/t17-;/m0./s1. The van der Waals surface area contributed by atoms with Gasteiger partial charge in [-0.05, 0) is 55.8 Å². The van der Waals surface area contributed by atoms with Gasteiger partial charge in [-0.3, -0.25) is 19.2 Å². The van der Waals surface area contributed by atoms with Crippen LogP contribution in [0.3, 0.4) is 0 Å². The summed E-state index contributed by atoms with van der Waals surface area (Å²) >= 11 is 6.44. The third-order valence-electron chi connectivity index (χ3n) is 8.05. The van der Waals surface area contributed by atoms with E-state index in [0.29, 0.717) is 38.5 Å². The quantitative estimate of drug-likeness (QED) is 0.303. The molecule has 0 bridgehead atoms. The van der Waals surface area contributed by atoms with Gasteiger partial charge in [0.15, 0.2) is 17.4 Å². The van der Waals surface area contributed by atoms with Gasteiger partial charge in [-0.25, -0.2) is 18.2 Å². The van der Waals surface area contributed by atoms with E-state index in [1.54, 1.807) is 9.80 Å². The Morgan fingerprint density at radius 3 is 2.45 bits per heavy atom. The second-order valence-corrected chi connectivity index (χ2v) is 11.3. The predicted octanol–water partition coefficient (Wildman–Crippen LogP) is 4.06. The number of ether oxygens (including phenoxy) is 1. The number of nitrogens with zero attached hydrogens (tertiary/aromatic N) is 4. The van der Waals surface area contributed by atoms with E-state index in [-0.39, 0.29) is 57.4 Å². The molecule has 2 aliphatic heterocycles. The zero-order chi connectivity index (χ0) is 34.2. The molecule has 3 aromatic rings. The fourth-order valence-corrected chi connectivity index (χ4v) is 5.85. The lowest BCUT2D eigenvalue weighted by Gasteiger charge is -2.35. The molecular formula is C31H34ClF3N6O6. The van der Waals surface area contributed by atoms with Gasteiger partial charge in [-0.15, -0.1) is 0 Å². The maximum Gasteiger partial charge on any atom is 0.291 e. The molecule has 0 unspecified atom stereocenters. The van der Waals surface area contributed by atoms with Crippen molar-refractivity contribution in [2.75, 3.05) is 51.7 Å². The molecule has 2 aliphatic rings. The van der Waals surface area contributed by atoms with Gasteiger partial charge in [0.05, 0.1) is 35.2 Å².